The molecule has 1 aliphatic carbocycles. The third kappa shape index (κ3) is 4.61. The van der Waals surface area contributed by atoms with Crippen LogP contribution in [0.15, 0.2) is 66.7 Å². The van der Waals surface area contributed by atoms with Gasteiger partial charge >= 0.3 is 0 Å². The predicted octanol–water partition coefficient (Wildman–Crippen LogP) is 7.67. The van der Waals surface area contributed by atoms with Gasteiger partial charge < -0.3 is 9.47 Å². The van der Waals surface area contributed by atoms with E-state index in [2.05, 4.69) is 19.9 Å². The van der Waals surface area contributed by atoms with E-state index in [9.17, 15) is 0 Å². The van der Waals surface area contributed by atoms with Crippen molar-refractivity contribution in [3.8, 4) is 11.5 Å². The molecule has 29 heavy (non-hydrogen) atoms. The van der Waals surface area contributed by atoms with Gasteiger partial charge in [-0.05, 0) is 65.4 Å². The van der Waals surface area contributed by atoms with Crippen molar-refractivity contribution in [2.24, 2.45) is 5.92 Å². The molecule has 0 N–H and O–H groups in total. The number of hydrogen-bond acceptors (Lipinski definition) is 2. The van der Waals surface area contributed by atoms with E-state index in [0.29, 0.717) is 28.5 Å². The number of rotatable bonds is 6. The highest BCUT2D eigenvalue weighted by Gasteiger charge is 2.35. The summed E-state index contributed by atoms with van der Waals surface area (Å²) in [6, 6.07) is 21.9. The first-order valence-electron chi connectivity index (χ1n) is 9.92. The zero-order valence-electron chi connectivity index (χ0n) is 16.6. The van der Waals surface area contributed by atoms with Gasteiger partial charge in [-0.2, -0.15) is 0 Å². The number of fused-ring (bicyclic) bond motifs is 1. The molecule has 0 fully saturated rings. The lowest BCUT2D eigenvalue weighted by molar-refractivity contribution is 0.0204. The average Bonchev–Trinajstić information content (AvgIpc) is 3.05. The van der Waals surface area contributed by atoms with Gasteiger partial charge in [0.25, 0.3) is 0 Å². The molecule has 2 unspecified atom stereocenters. The van der Waals surface area contributed by atoms with Crippen LogP contribution in [0, 0.1) is 5.92 Å². The fourth-order valence-electron chi connectivity index (χ4n) is 4.11. The summed E-state index contributed by atoms with van der Waals surface area (Å²) in [5.74, 6) is 2.39. The van der Waals surface area contributed by atoms with Crippen LogP contribution in [0.1, 0.15) is 36.5 Å². The smallest absolute Gasteiger partial charge is 0.127 e. The van der Waals surface area contributed by atoms with Crippen LogP contribution in [0.5, 0.6) is 11.5 Å². The molecular formula is C25H24Cl2O2. The van der Waals surface area contributed by atoms with Gasteiger partial charge in [0.2, 0.25) is 0 Å². The number of para-hydroxylation sites is 1. The lowest BCUT2D eigenvalue weighted by Gasteiger charge is -2.24. The summed E-state index contributed by atoms with van der Waals surface area (Å²) in [7, 11) is 0. The largest absolute Gasteiger partial charge is 0.457 e. The molecule has 1 aliphatic rings. The molecule has 0 bridgehead atoms. The highest BCUT2D eigenvalue weighted by molar-refractivity contribution is 6.42. The Hall–Kier alpha value is -2.00. The summed E-state index contributed by atoms with van der Waals surface area (Å²) >= 11 is 12.5. The number of ether oxygens (including phenoxy) is 2. The Morgan fingerprint density at radius 3 is 2.38 bits per heavy atom. The molecule has 0 radical (unpaired) electrons. The van der Waals surface area contributed by atoms with Crippen LogP contribution in [0.25, 0.3) is 0 Å². The summed E-state index contributed by atoms with van der Waals surface area (Å²) in [5, 5.41) is 1.22. The fourth-order valence-corrected chi connectivity index (χ4v) is 4.47. The predicted molar refractivity (Wildman–Crippen MR) is 119 cm³/mol. The maximum atomic E-state index is 6.39. The van der Waals surface area contributed by atoms with Crippen molar-refractivity contribution in [1.82, 2.24) is 0 Å². The van der Waals surface area contributed by atoms with Crippen molar-refractivity contribution in [2.75, 3.05) is 0 Å². The Morgan fingerprint density at radius 2 is 1.62 bits per heavy atom. The minimum Gasteiger partial charge on any atom is -0.457 e. The highest BCUT2D eigenvalue weighted by atomic mass is 35.5. The average molecular weight is 427 g/mol. The molecule has 3 aromatic rings. The molecule has 3 aromatic carbocycles. The zero-order chi connectivity index (χ0) is 20.4. The van der Waals surface area contributed by atoms with Crippen molar-refractivity contribution in [3.63, 3.8) is 0 Å². The number of benzene rings is 3. The van der Waals surface area contributed by atoms with Gasteiger partial charge in [-0.15, -0.1) is 0 Å². The second-order valence-corrected chi connectivity index (χ2v) is 8.67. The van der Waals surface area contributed by atoms with Crippen LogP contribution in [0.4, 0.5) is 0 Å². The monoisotopic (exact) mass is 426 g/mol. The lowest BCUT2D eigenvalue weighted by Crippen LogP contribution is -2.22. The van der Waals surface area contributed by atoms with Gasteiger partial charge in [-0.3, -0.25) is 0 Å². The standard InChI is InChI=1S/C25H24Cl2O2/c1-16(2)25-21-14-23(27)22(26)12-18(21)13-24(25)28-15-17-7-6-10-20(11-17)29-19-8-4-3-5-9-19/h3-12,14,16,24-25H,13,15H2,1-2H3. The Kier molecular flexibility index (Phi) is 6.15. The van der Waals surface area contributed by atoms with E-state index in [1.807, 2.05) is 60.7 Å². The third-order valence-corrected chi connectivity index (χ3v) is 6.14. The quantitative estimate of drug-likeness (QED) is 0.402. The Balaban J connectivity index is 1.47. The van der Waals surface area contributed by atoms with E-state index < -0.39 is 0 Å². The molecule has 0 spiro atoms. The molecule has 4 rings (SSSR count). The molecule has 2 nitrogen and oxygen atoms in total. The Morgan fingerprint density at radius 1 is 0.897 bits per heavy atom. The van der Waals surface area contributed by atoms with E-state index in [1.54, 1.807) is 0 Å². The summed E-state index contributed by atoms with van der Waals surface area (Å²) in [5.41, 5.74) is 3.60. The van der Waals surface area contributed by atoms with Gasteiger partial charge in [0.15, 0.2) is 0 Å². The molecule has 150 valence electrons. The normalized spacial score (nSPS) is 18.1. The maximum Gasteiger partial charge on any atom is 0.127 e. The van der Waals surface area contributed by atoms with Crippen LogP contribution in [0.3, 0.4) is 0 Å². The van der Waals surface area contributed by atoms with Crippen LogP contribution < -0.4 is 4.74 Å². The van der Waals surface area contributed by atoms with Crippen molar-refractivity contribution in [1.29, 1.82) is 0 Å². The van der Waals surface area contributed by atoms with Crippen LogP contribution >= 0.6 is 23.2 Å². The van der Waals surface area contributed by atoms with E-state index in [0.717, 1.165) is 23.5 Å². The highest BCUT2D eigenvalue weighted by Crippen LogP contribution is 2.43. The zero-order valence-corrected chi connectivity index (χ0v) is 18.1. The number of hydrogen-bond donors (Lipinski definition) is 0. The second kappa shape index (κ2) is 8.79. The van der Waals surface area contributed by atoms with E-state index >= 15 is 0 Å². The van der Waals surface area contributed by atoms with E-state index in [1.165, 1.54) is 11.1 Å². The minimum absolute atomic E-state index is 0.109. The number of halogens is 2. The third-order valence-electron chi connectivity index (χ3n) is 5.42. The van der Waals surface area contributed by atoms with Crippen molar-refractivity contribution in [2.45, 2.75) is 38.9 Å². The molecule has 0 aliphatic heterocycles. The summed E-state index contributed by atoms with van der Waals surface area (Å²) in [4.78, 5) is 0. The minimum atomic E-state index is 0.109. The molecule has 4 heteroatoms. The second-order valence-electron chi connectivity index (χ2n) is 7.85. The molecule has 0 amide bonds. The first-order valence-corrected chi connectivity index (χ1v) is 10.7. The van der Waals surface area contributed by atoms with Gasteiger partial charge in [-0.1, -0.05) is 67.4 Å². The first kappa shape index (κ1) is 20.3. The van der Waals surface area contributed by atoms with Gasteiger partial charge in [0.1, 0.15) is 11.5 Å². The first-order chi connectivity index (χ1) is 14.0. The molecule has 0 saturated carbocycles. The van der Waals surface area contributed by atoms with Crippen LogP contribution in [-0.2, 0) is 17.8 Å². The summed E-state index contributed by atoms with van der Waals surface area (Å²) in [6.07, 6.45) is 0.966. The van der Waals surface area contributed by atoms with Crippen molar-refractivity contribution >= 4 is 23.2 Å². The van der Waals surface area contributed by atoms with E-state index in [-0.39, 0.29) is 6.10 Å². The molecule has 0 aromatic heterocycles. The summed E-state index contributed by atoms with van der Waals surface area (Å²) in [6.45, 7) is 5.00. The topological polar surface area (TPSA) is 18.5 Å². The molecule has 2 atom stereocenters. The fraction of sp³-hybridized carbons (Fsp3) is 0.280. The van der Waals surface area contributed by atoms with Crippen molar-refractivity contribution in [3.05, 3.63) is 93.5 Å². The molecule has 0 heterocycles. The lowest BCUT2D eigenvalue weighted by atomic mass is 9.88. The SMILES string of the molecule is CC(C)C1c2cc(Cl)c(Cl)cc2CC1OCc1cccc(Oc2ccccc2)c1. The Labute approximate surface area is 182 Å². The summed E-state index contributed by atoms with van der Waals surface area (Å²) < 4.78 is 12.3. The van der Waals surface area contributed by atoms with E-state index in [4.69, 9.17) is 32.7 Å². The molecular weight excluding hydrogens is 403 g/mol. The van der Waals surface area contributed by atoms with Gasteiger partial charge in [-0.25, -0.2) is 0 Å². The van der Waals surface area contributed by atoms with Gasteiger partial charge in [0.05, 0.1) is 22.8 Å². The van der Waals surface area contributed by atoms with Crippen LogP contribution in [0.2, 0.25) is 10.0 Å². The Bertz CT molecular complexity index is 985. The van der Waals surface area contributed by atoms with Crippen LogP contribution in [-0.4, -0.2) is 6.10 Å². The van der Waals surface area contributed by atoms with Gasteiger partial charge in [0, 0.05) is 5.92 Å². The molecule has 0 saturated heterocycles. The maximum absolute atomic E-state index is 6.39. The van der Waals surface area contributed by atoms with Crippen molar-refractivity contribution < 1.29 is 9.47 Å².